The van der Waals surface area contributed by atoms with Crippen LogP contribution in [0.2, 0.25) is 0 Å². The highest BCUT2D eigenvalue weighted by molar-refractivity contribution is 5.73. The van der Waals surface area contributed by atoms with Gasteiger partial charge in [0.1, 0.15) is 6.61 Å². The standard InChI is InChI=1S/C9H7O4/c10-9(11)8-5-12-6-3-1-2-4-7(6)13-8/h1-4,8H,5H2. The molecule has 1 heterocycles. The minimum Gasteiger partial charge on any atom is -0.485 e. The molecule has 1 radical (unpaired) electrons. The highest BCUT2D eigenvalue weighted by Crippen LogP contribution is 2.30. The number of hydrogen-bond acceptors (Lipinski definition) is 3. The molecule has 1 unspecified atom stereocenters. The van der Waals surface area contributed by atoms with Crippen LogP contribution in [0.4, 0.5) is 0 Å². The monoisotopic (exact) mass is 179 g/mol. The summed E-state index contributed by atoms with van der Waals surface area (Å²) in [5.41, 5.74) is 0. The molecular weight excluding hydrogens is 172 g/mol. The average Bonchev–Trinajstić information content (AvgIpc) is 2.17. The third kappa shape index (κ3) is 1.42. The SMILES string of the molecule is [O]C(=O)C1COc2ccccc2O1. The summed E-state index contributed by atoms with van der Waals surface area (Å²) in [6.45, 7) is -0.000648. The van der Waals surface area contributed by atoms with E-state index in [4.69, 9.17) is 9.47 Å². The summed E-state index contributed by atoms with van der Waals surface area (Å²) in [4.78, 5) is 10.4. The first-order chi connectivity index (χ1) is 6.27. The quantitative estimate of drug-likeness (QED) is 0.640. The second kappa shape index (κ2) is 2.97. The minimum atomic E-state index is -1.26. The lowest BCUT2D eigenvalue weighted by atomic mass is 10.2. The Morgan fingerprint density at radius 3 is 2.69 bits per heavy atom. The van der Waals surface area contributed by atoms with Gasteiger partial charge in [-0.2, -0.15) is 0 Å². The number of fused-ring (bicyclic) bond motifs is 1. The molecule has 0 saturated carbocycles. The first kappa shape index (κ1) is 7.91. The minimum absolute atomic E-state index is 0.000648. The molecule has 0 amide bonds. The van der Waals surface area contributed by atoms with Crippen LogP contribution in [-0.4, -0.2) is 18.7 Å². The van der Waals surface area contributed by atoms with Crippen LogP contribution in [0, 0.1) is 0 Å². The van der Waals surface area contributed by atoms with Gasteiger partial charge in [-0.3, -0.25) is 0 Å². The Morgan fingerprint density at radius 1 is 1.31 bits per heavy atom. The fourth-order valence-corrected chi connectivity index (χ4v) is 1.14. The number of carbonyl (C=O) groups excluding carboxylic acids is 1. The Morgan fingerprint density at radius 2 is 2.00 bits per heavy atom. The zero-order chi connectivity index (χ0) is 9.26. The van der Waals surface area contributed by atoms with Crippen molar-refractivity contribution < 1.29 is 19.4 Å². The van der Waals surface area contributed by atoms with E-state index in [0.717, 1.165) is 0 Å². The number of ether oxygens (including phenoxy) is 2. The lowest BCUT2D eigenvalue weighted by molar-refractivity contribution is -0.154. The normalized spacial score (nSPS) is 19.5. The molecule has 0 aromatic heterocycles. The summed E-state index contributed by atoms with van der Waals surface area (Å²) in [6.07, 6.45) is -1.00. The molecule has 1 aliphatic heterocycles. The highest BCUT2D eigenvalue weighted by Gasteiger charge is 2.27. The summed E-state index contributed by atoms with van der Waals surface area (Å²) in [7, 11) is 0. The Kier molecular flexibility index (Phi) is 1.81. The summed E-state index contributed by atoms with van der Waals surface area (Å²) >= 11 is 0. The van der Waals surface area contributed by atoms with Crippen LogP contribution in [0.3, 0.4) is 0 Å². The van der Waals surface area contributed by atoms with E-state index in [2.05, 4.69) is 0 Å². The van der Waals surface area contributed by atoms with Gasteiger partial charge in [0.25, 0.3) is 0 Å². The first-order valence-corrected chi connectivity index (χ1v) is 3.87. The van der Waals surface area contributed by atoms with Crippen molar-refractivity contribution in [3.05, 3.63) is 24.3 Å². The van der Waals surface area contributed by atoms with E-state index < -0.39 is 12.1 Å². The van der Waals surface area contributed by atoms with Crippen molar-refractivity contribution >= 4 is 5.97 Å². The predicted octanol–water partition coefficient (Wildman–Crippen LogP) is 0.783. The maximum atomic E-state index is 10.4. The van der Waals surface area contributed by atoms with Crippen LogP contribution >= 0.6 is 0 Å². The van der Waals surface area contributed by atoms with Crippen molar-refractivity contribution in [3.63, 3.8) is 0 Å². The Bertz CT molecular complexity index is 334. The van der Waals surface area contributed by atoms with Gasteiger partial charge in [0.15, 0.2) is 11.5 Å². The Hall–Kier alpha value is -1.71. The number of hydrogen-bond donors (Lipinski definition) is 0. The van der Waals surface area contributed by atoms with Gasteiger partial charge in [-0.05, 0) is 12.1 Å². The van der Waals surface area contributed by atoms with Crippen molar-refractivity contribution in [2.24, 2.45) is 0 Å². The van der Waals surface area contributed by atoms with Gasteiger partial charge in [0, 0.05) is 0 Å². The van der Waals surface area contributed by atoms with Gasteiger partial charge >= 0.3 is 5.97 Å². The molecule has 13 heavy (non-hydrogen) atoms. The maximum absolute atomic E-state index is 10.4. The van der Waals surface area contributed by atoms with E-state index in [1.54, 1.807) is 24.3 Å². The Balaban J connectivity index is 2.24. The summed E-state index contributed by atoms with van der Waals surface area (Å²) in [5, 5.41) is 10.4. The van der Waals surface area contributed by atoms with Gasteiger partial charge in [-0.25, -0.2) is 9.90 Å². The maximum Gasteiger partial charge on any atom is 0.399 e. The molecule has 4 nitrogen and oxygen atoms in total. The fraction of sp³-hybridized carbons (Fsp3) is 0.222. The zero-order valence-corrected chi connectivity index (χ0v) is 6.73. The van der Waals surface area contributed by atoms with E-state index >= 15 is 0 Å². The molecule has 0 saturated heterocycles. The number of rotatable bonds is 1. The lowest BCUT2D eigenvalue weighted by Crippen LogP contribution is -2.35. The largest absolute Gasteiger partial charge is 0.485 e. The van der Waals surface area contributed by atoms with Crippen molar-refractivity contribution in [3.8, 4) is 11.5 Å². The van der Waals surface area contributed by atoms with E-state index in [1.165, 1.54) is 0 Å². The number of benzene rings is 1. The second-order valence-corrected chi connectivity index (χ2v) is 2.68. The zero-order valence-electron chi connectivity index (χ0n) is 6.73. The highest BCUT2D eigenvalue weighted by atomic mass is 16.6. The molecule has 0 aliphatic carbocycles. The fourth-order valence-electron chi connectivity index (χ4n) is 1.14. The first-order valence-electron chi connectivity index (χ1n) is 3.87. The smallest absolute Gasteiger partial charge is 0.399 e. The average molecular weight is 179 g/mol. The molecule has 0 bridgehead atoms. The third-order valence-electron chi connectivity index (χ3n) is 1.77. The van der Waals surface area contributed by atoms with Crippen LogP contribution in [0.15, 0.2) is 24.3 Å². The van der Waals surface area contributed by atoms with Crippen LogP contribution < -0.4 is 9.47 Å². The van der Waals surface area contributed by atoms with Crippen LogP contribution in [0.25, 0.3) is 0 Å². The van der Waals surface area contributed by atoms with Gasteiger partial charge < -0.3 is 9.47 Å². The van der Waals surface area contributed by atoms with E-state index in [0.29, 0.717) is 11.5 Å². The van der Waals surface area contributed by atoms with Gasteiger partial charge in [-0.15, -0.1) is 0 Å². The van der Waals surface area contributed by atoms with Crippen molar-refractivity contribution in [1.29, 1.82) is 0 Å². The summed E-state index contributed by atoms with van der Waals surface area (Å²) in [5.74, 6) is -0.238. The molecule has 67 valence electrons. The predicted molar refractivity (Wildman–Crippen MR) is 42.0 cm³/mol. The number of para-hydroxylation sites is 2. The van der Waals surface area contributed by atoms with Gasteiger partial charge in [-0.1, -0.05) is 12.1 Å². The summed E-state index contributed by atoms with van der Waals surface area (Å²) in [6, 6.07) is 6.92. The lowest BCUT2D eigenvalue weighted by Gasteiger charge is -2.22. The van der Waals surface area contributed by atoms with E-state index in [9.17, 15) is 9.90 Å². The molecule has 1 aliphatic rings. The molecule has 1 aromatic rings. The molecule has 1 aromatic carbocycles. The molecule has 0 spiro atoms. The molecule has 0 fully saturated rings. The van der Waals surface area contributed by atoms with Crippen molar-refractivity contribution in [2.45, 2.75) is 6.10 Å². The molecule has 0 N–H and O–H groups in total. The van der Waals surface area contributed by atoms with Gasteiger partial charge in [0.05, 0.1) is 0 Å². The summed E-state index contributed by atoms with van der Waals surface area (Å²) < 4.78 is 10.3. The van der Waals surface area contributed by atoms with E-state index in [1.807, 2.05) is 0 Å². The van der Waals surface area contributed by atoms with Crippen LogP contribution in [-0.2, 0) is 9.90 Å². The molecule has 4 heteroatoms. The van der Waals surface area contributed by atoms with Crippen LogP contribution in [0.5, 0.6) is 11.5 Å². The van der Waals surface area contributed by atoms with E-state index in [-0.39, 0.29) is 6.61 Å². The van der Waals surface area contributed by atoms with Crippen LogP contribution in [0.1, 0.15) is 0 Å². The molecule has 2 rings (SSSR count). The molecular formula is C9H7O4. The topological polar surface area (TPSA) is 55.4 Å². The van der Waals surface area contributed by atoms with Crippen molar-refractivity contribution in [1.82, 2.24) is 0 Å². The van der Waals surface area contributed by atoms with Crippen molar-refractivity contribution in [2.75, 3.05) is 6.61 Å². The third-order valence-corrected chi connectivity index (χ3v) is 1.77. The molecule has 1 atom stereocenters. The Labute approximate surface area is 74.7 Å². The van der Waals surface area contributed by atoms with Gasteiger partial charge in [0.2, 0.25) is 6.10 Å². The second-order valence-electron chi connectivity index (χ2n) is 2.68. The number of carbonyl (C=O) groups is 1.